The van der Waals surface area contributed by atoms with Gasteiger partial charge in [-0.15, -0.1) is 0 Å². The summed E-state index contributed by atoms with van der Waals surface area (Å²) in [7, 11) is 0. The molecule has 3 amide bonds. The highest BCUT2D eigenvalue weighted by Gasteiger charge is 2.20. The highest BCUT2D eigenvalue weighted by Crippen LogP contribution is 2.13. The molecule has 1 aromatic carbocycles. The summed E-state index contributed by atoms with van der Waals surface area (Å²) in [4.78, 5) is 24.2. The molecule has 2 rings (SSSR count). The number of urea groups is 1. The van der Waals surface area contributed by atoms with Gasteiger partial charge in [-0.2, -0.15) is 0 Å². The maximum absolute atomic E-state index is 12.2. The van der Waals surface area contributed by atoms with Crippen LogP contribution < -0.4 is 16.0 Å². The standard InChI is InChI=1S/C19H29N3O3/c1-4-13(2)21-18(23)16-7-5-6-15(11-16)12-20-19(24)22-17-8-9-25-14(3)10-17/h5-7,11,13-14,17H,4,8-10,12H2,1-3H3,(H,21,23)(H2,20,22,24)/t13-,14+,17-/m0/s1. The van der Waals surface area contributed by atoms with Gasteiger partial charge in [0.2, 0.25) is 0 Å². The second-order valence-corrected chi connectivity index (χ2v) is 6.71. The molecule has 1 aliphatic heterocycles. The zero-order valence-electron chi connectivity index (χ0n) is 15.3. The Balaban J connectivity index is 1.83. The van der Waals surface area contributed by atoms with E-state index >= 15 is 0 Å². The SMILES string of the molecule is CC[C@H](C)NC(=O)c1cccc(CNC(=O)N[C@H]2CCO[C@H](C)C2)c1. The van der Waals surface area contributed by atoms with Crippen LogP contribution in [0.25, 0.3) is 0 Å². The van der Waals surface area contributed by atoms with Crippen LogP contribution in [0.1, 0.15) is 56.0 Å². The Kier molecular flexibility index (Phi) is 7.25. The molecule has 0 unspecified atom stereocenters. The second kappa shape index (κ2) is 9.42. The predicted molar refractivity (Wildman–Crippen MR) is 97.5 cm³/mol. The van der Waals surface area contributed by atoms with Gasteiger partial charge in [0.25, 0.3) is 5.91 Å². The monoisotopic (exact) mass is 347 g/mol. The van der Waals surface area contributed by atoms with E-state index in [4.69, 9.17) is 4.74 Å². The number of carbonyl (C=O) groups excluding carboxylic acids is 2. The van der Waals surface area contributed by atoms with E-state index in [-0.39, 0.29) is 30.1 Å². The number of hydrogen-bond acceptors (Lipinski definition) is 3. The molecule has 138 valence electrons. The van der Waals surface area contributed by atoms with E-state index < -0.39 is 0 Å². The van der Waals surface area contributed by atoms with Gasteiger partial charge in [-0.1, -0.05) is 19.1 Å². The largest absolute Gasteiger partial charge is 0.378 e. The van der Waals surface area contributed by atoms with Crippen LogP contribution in [0.3, 0.4) is 0 Å². The molecule has 1 heterocycles. The number of amides is 3. The summed E-state index contributed by atoms with van der Waals surface area (Å²) < 4.78 is 5.48. The first-order valence-corrected chi connectivity index (χ1v) is 9.03. The molecule has 0 saturated carbocycles. The average Bonchev–Trinajstić information content (AvgIpc) is 2.60. The van der Waals surface area contributed by atoms with Crippen molar-refractivity contribution in [2.45, 2.75) is 64.8 Å². The van der Waals surface area contributed by atoms with Gasteiger partial charge in [-0.3, -0.25) is 4.79 Å². The third-order valence-electron chi connectivity index (χ3n) is 4.45. The number of benzene rings is 1. The van der Waals surface area contributed by atoms with E-state index in [2.05, 4.69) is 16.0 Å². The van der Waals surface area contributed by atoms with Gasteiger partial charge >= 0.3 is 6.03 Å². The molecule has 25 heavy (non-hydrogen) atoms. The molecule has 0 radical (unpaired) electrons. The Morgan fingerprint density at radius 1 is 1.36 bits per heavy atom. The van der Waals surface area contributed by atoms with Gasteiger partial charge in [0, 0.05) is 30.8 Å². The molecule has 1 fully saturated rings. The number of ether oxygens (including phenoxy) is 1. The van der Waals surface area contributed by atoms with Crippen LogP contribution >= 0.6 is 0 Å². The predicted octanol–water partition coefficient (Wildman–Crippen LogP) is 2.58. The van der Waals surface area contributed by atoms with E-state index in [1.807, 2.05) is 39.0 Å². The summed E-state index contributed by atoms with van der Waals surface area (Å²) in [6.07, 6.45) is 2.74. The molecule has 0 spiro atoms. The quantitative estimate of drug-likeness (QED) is 0.740. The molecule has 1 aliphatic rings. The maximum atomic E-state index is 12.2. The summed E-state index contributed by atoms with van der Waals surface area (Å²) in [6.45, 7) is 7.09. The number of carbonyl (C=O) groups is 2. The Morgan fingerprint density at radius 2 is 2.16 bits per heavy atom. The van der Waals surface area contributed by atoms with Gasteiger partial charge in [-0.25, -0.2) is 4.79 Å². The lowest BCUT2D eigenvalue weighted by molar-refractivity contribution is 0.0154. The Bertz CT molecular complexity index is 591. The zero-order valence-corrected chi connectivity index (χ0v) is 15.3. The average molecular weight is 347 g/mol. The van der Waals surface area contributed by atoms with Crippen molar-refractivity contribution in [1.82, 2.24) is 16.0 Å². The number of rotatable bonds is 6. The first kappa shape index (κ1) is 19.2. The third kappa shape index (κ3) is 6.38. The van der Waals surface area contributed by atoms with E-state index in [1.54, 1.807) is 6.07 Å². The zero-order chi connectivity index (χ0) is 18.2. The van der Waals surface area contributed by atoms with Crippen LogP contribution in [0.15, 0.2) is 24.3 Å². The van der Waals surface area contributed by atoms with Crippen molar-refractivity contribution in [3.63, 3.8) is 0 Å². The van der Waals surface area contributed by atoms with Crippen molar-refractivity contribution < 1.29 is 14.3 Å². The Morgan fingerprint density at radius 3 is 2.88 bits per heavy atom. The first-order valence-electron chi connectivity index (χ1n) is 9.03. The van der Waals surface area contributed by atoms with Crippen LogP contribution in [0.2, 0.25) is 0 Å². The highest BCUT2D eigenvalue weighted by molar-refractivity contribution is 5.94. The van der Waals surface area contributed by atoms with Crippen LogP contribution in [-0.2, 0) is 11.3 Å². The number of nitrogens with one attached hydrogen (secondary N) is 3. The van der Waals surface area contributed by atoms with Crippen LogP contribution in [0.4, 0.5) is 4.79 Å². The molecule has 3 atom stereocenters. The van der Waals surface area contributed by atoms with Gasteiger partial charge in [0.15, 0.2) is 0 Å². The number of hydrogen-bond donors (Lipinski definition) is 3. The summed E-state index contributed by atoms with van der Waals surface area (Å²) in [5.41, 5.74) is 1.51. The van der Waals surface area contributed by atoms with Gasteiger partial charge in [0.1, 0.15) is 0 Å². The minimum atomic E-state index is -0.187. The lowest BCUT2D eigenvalue weighted by Gasteiger charge is -2.27. The molecule has 0 bridgehead atoms. The van der Waals surface area contributed by atoms with E-state index in [9.17, 15) is 9.59 Å². The summed E-state index contributed by atoms with van der Waals surface area (Å²) in [6, 6.07) is 7.43. The molecule has 1 aromatic rings. The topological polar surface area (TPSA) is 79.5 Å². The summed E-state index contributed by atoms with van der Waals surface area (Å²) in [5, 5.41) is 8.78. The van der Waals surface area contributed by atoms with E-state index in [0.717, 1.165) is 24.8 Å². The molecule has 6 nitrogen and oxygen atoms in total. The van der Waals surface area contributed by atoms with Crippen molar-refractivity contribution >= 4 is 11.9 Å². The van der Waals surface area contributed by atoms with Crippen LogP contribution in [0.5, 0.6) is 0 Å². The summed E-state index contributed by atoms with van der Waals surface area (Å²) >= 11 is 0. The summed E-state index contributed by atoms with van der Waals surface area (Å²) in [5.74, 6) is -0.0863. The Labute approximate surface area is 149 Å². The fraction of sp³-hybridized carbons (Fsp3) is 0.579. The van der Waals surface area contributed by atoms with Crippen molar-refractivity contribution in [1.29, 1.82) is 0 Å². The maximum Gasteiger partial charge on any atom is 0.315 e. The van der Waals surface area contributed by atoms with E-state index in [0.29, 0.717) is 18.7 Å². The third-order valence-corrected chi connectivity index (χ3v) is 4.45. The lowest BCUT2D eigenvalue weighted by Crippen LogP contribution is -2.45. The van der Waals surface area contributed by atoms with Gasteiger partial charge in [0.05, 0.1) is 6.10 Å². The molecule has 3 N–H and O–H groups in total. The van der Waals surface area contributed by atoms with E-state index in [1.165, 1.54) is 0 Å². The Hall–Kier alpha value is -2.08. The molecule has 0 aliphatic carbocycles. The minimum Gasteiger partial charge on any atom is -0.378 e. The van der Waals surface area contributed by atoms with Gasteiger partial charge in [-0.05, 0) is 50.8 Å². The van der Waals surface area contributed by atoms with Crippen LogP contribution in [0, 0.1) is 0 Å². The molecular weight excluding hydrogens is 318 g/mol. The van der Waals surface area contributed by atoms with Crippen LogP contribution in [-0.4, -0.2) is 36.7 Å². The fourth-order valence-electron chi connectivity index (χ4n) is 2.78. The second-order valence-electron chi connectivity index (χ2n) is 6.71. The molecule has 1 saturated heterocycles. The molecule has 6 heteroatoms. The first-order chi connectivity index (χ1) is 12.0. The molecular formula is C19H29N3O3. The van der Waals surface area contributed by atoms with Crippen molar-refractivity contribution in [3.8, 4) is 0 Å². The lowest BCUT2D eigenvalue weighted by atomic mass is 10.0. The highest BCUT2D eigenvalue weighted by atomic mass is 16.5. The fourth-order valence-corrected chi connectivity index (χ4v) is 2.78. The minimum absolute atomic E-state index is 0.0863. The normalized spacial score (nSPS) is 21.2. The van der Waals surface area contributed by atoms with Crippen molar-refractivity contribution in [2.24, 2.45) is 0 Å². The van der Waals surface area contributed by atoms with Crippen molar-refractivity contribution in [3.05, 3.63) is 35.4 Å². The molecule has 0 aromatic heterocycles. The van der Waals surface area contributed by atoms with Gasteiger partial charge < -0.3 is 20.7 Å². The van der Waals surface area contributed by atoms with Crippen molar-refractivity contribution in [2.75, 3.05) is 6.61 Å². The smallest absolute Gasteiger partial charge is 0.315 e.